The van der Waals surface area contributed by atoms with Crippen molar-refractivity contribution < 1.29 is 28.6 Å². The third-order valence-electron chi connectivity index (χ3n) is 12.8. The van der Waals surface area contributed by atoms with Crippen molar-refractivity contribution in [1.82, 2.24) is 0 Å². The first kappa shape index (κ1) is 69.1. The Morgan fingerprint density at radius 1 is 0.288 bits per heavy atom. The Balaban J connectivity index is 4.28. The number of carbonyl (C=O) groups excluding carboxylic acids is 3. The van der Waals surface area contributed by atoms with E-state index in [1.165, 1.54) is 109 Å². The fraction of sp³-hybridized carbons (Fsp3) is 0.687. The minimum atomic E-state index is -0.785. The summed E-state index contributed by atoms with van der Waals surface area (Å²) >= 11 is 0. The highest BCUT2D eigenvalue weighted by Gasteiger charge is 2.19. The number of allylic oxidation sites excluding steroid dienone is 18. The van der Waals surface area contributed by atoms with Crippen molar-refractivity contribution in [3.63, 3.8) is 0 Å². The molecule has 0 fully saturated rings. The van der Waals surface area contributed by atoms with Crippen molar-refractivity contribution in [3.05, 3.63) is 109 Å². The predicted molar refractivity (Wildman–Crippen MR) is 316 cm³/mol. The fourth-order valence-corrected chi connectivity index (χ4v) is 8.28. The molecule has 0 aliphatic carbocycles. The Kier molecular flexibility index (Phi) is 57.4. The van der Waals surface area contributed by atoms with Crippen molar-refractivity contribution in [2.75, 3.05) is 13.2 Å². The first-order valence-corrected chi connectivity index (χ1v) is 30.4. The lowest BCUT2D eigenvalue weighted by Gasteiger charge is -2.18. The standard InChI is InChI=1S/C67H112O6/c1-4-7-10-13-16-19-21-23-25-27-29-31-32-33-34-36-37-39-41-43-45-48-51-54-57-60-66(69)72-63-64(62-71-65(68)59-56-53-50-47-18-15-12-9-6-3)73-67(70)61-58-55-52-49-46-44-42-40-38-35-30-28-26-24-22-20-17-14-11-8-5-2/h7-8,10-11,16-17,19-20,23-26,29-31,33-35,64H,4-6,9,12-15,18,21-22,27-28,32,36-63H2,1-3H3/b10-7-,11-8-,19-16-,20-17-,25-23-,26-24-,31-29-,34-33-,35-30-. The van der Waals surface area contributed by atoms with Crippen LogP contribution in [0.1, 0.15) is 278 Å². The molecular formula is C67H112O6. The van der Waals surface area contributed by atoms with E-state index in [1.54, 1.807) is 0 Å². The molecule has 0 bridgehead atoms. The molecule has 0 aliphatic heterocycles. The Morgan fingerprint density at radius 3 is 0.836 bits per heavy atom. The Labute approximate surface area is 450 Å². The Morgan fingerprint density at radius 2 is 0.534 bits per heavy atom. The van der Waals surface area contributed by atoms with Crippen LogP contribution in [0.5, 0.6) is 0 Å². The molecule has 0 saturated heterocycles. The molecule has 0 amide bonds. The van der Waals surface area contributed by atoms with Crippen molar-refractivity contribution in [2.45, 2.75) is 284 Å². The molecule has 73 heavy (non-hydrogen) atoms. The lowest BCUT2D eigenvalue weighted by atomic mass is 10.1. The second-order valence-corrected chi connectivity index (χ2v) is 19.9. The lowest BCUT2D eigenvalue weighted by molar-refractivity contribution is -0.167. The monoisotopic (exact) mass is 1010 g/mol. The van der Waals surface area contributed by atoms with Crippen molar-refractivity contribution >= 4 is 17.9 Å². The highest BCUT2D eigenvalue weighted by atomic mass is 16.6. The number of unbranched alkanes of at least 4 members (excludes halogenated alkanes) is 25. The summed E-state index contributed by atoms with van der Waals surface area (Å²) in [4.78, 5) is 38.1. The molecule has 0 aromatic rings. The van der Waals surface area contributed by atoms with Crippen LogP contribution in [0.25, 0.3) is 0 Å². The van der Waals surface area contributed by atoms with Gasteiger partial charge in [-0.3, -0.25) is 14.4 Å². The number of carbonyl (C=O) groups is 3. The quantitative estimate of drug-likeness (QED) is 0.0261. The minimum absolute atomic E-state index is 0.0824. The maximum absolute atomic E-state index is 12.9. The fourth-order valence-electron chi connectivity index (χ4n) is 8.28. The van der Waals surface area contributed by atoms with Gasteiger partial charge in [-0.05, 0) is 103 Å². The van der Waals surface area contributed by atoms with E-state index in [4.69, 9.17) is 14.2 Å². The van der Waals surface area contributed by atoms with Crippen molar-refractivity contribution in [2.24, 2.45) is 0 Å². The normalized spacial score (nSPS) is 12.9. The summed E-state index contributed by atoms with van der Waals surface area (Å²) in [5.41, 5.74) is 0. The molecule has 0 N–H and O–H groups in total. The summed E-state index contributed by atoms with van der Waals surface area (Å²) in [7, 11) is 0. The number of hydrogen-bond donors (Lipinski definition) is 0. The third kappa shape index (κ3) is 58.8. The van der Waals surface area contributed by atoms with Crippen LogP contribution in [0.2, 0.25) is 0 Å². The van der Waals surface area contributed by atoms with Crippen LogP contribution >= 0.6 is 0 Å². The van der Waals surface area contributed by atoms with Crippen LogP contribution in [0, 0.1) is 0 Å². The number of ether oxygens (including phenoxy) is 3. The largest absolute Gasteiger partial charge is 0.462 e. The molecule has 0 saturated carbocycles. The summed E-state index contributed by atoms with van der Waals surface area (Å²) in [6.45, 7) is 6.39. The van der Waals surface area contributed by atoms with Gasteiger partial charge < -0.3 is 14.2 Å². The maximum Gasteiger partial charge on any atom is 0.306 e. The molecular weight excluding hydrogens is 901 g/mol. The summed E-state index contributed by atoms with van der Waals surface area (Å²) in [5.74, 6) is -0.895. The Bertz CT molecular complexity index is 1490. The second kappa shape index (κ2) is 60.6. The van der Waals surface area contributed by atoms with Gasteiger partial charge in [0.05, 0.1) is 0 Å². The van der Waals surface area contributed by atoms with E-state index in [-0.39, 0.29) is 31.1 Å². The van der Waals surface area contributed by atoms with Gasteiger partial charge in [0.25, 0.3) is 0 Å². The first-order chi connectivity index (χ1) is 36.0. The molecule has 0 rings (SSSR count). The molecule has 0 aromatic heterocycles. The van der Waals surface area contributed by atoms with Crippen LogP contribution in [-0.4, -0.2) is 37.2 Å². The van der Waals surface area contributed by atoms with Gasteiger partial charge in [-0.2, -0.15) is 0 Å². The Hall–Kier alpha value is -3.93. The predicted octanol–water partition coefficient (Wildman–Crippen LogP) is 20.7. The van der Waals surface area contributed by atoms with E-state index in [1.807, 2.05) is 0 Å². The average Bonchev–Trinajstić information content (AvgIpc) is 3.39. The van der Waals surface area contributed by atoms with Crippen LogP contribution in [-0.2, 0) is 28.6 Å². The SMILES string of the molecule is CC/C=C\C/C=C\C/C=C\C/C=C\C/C=C\CCCCCCCCCCCC(=O)OCC(COC(=O)CCCCCCCCCCC)OC(=O)CCCCCCCCCC/C=C\C/C=C\C/C=C\C/C=C\CC. The molecule has 0 heterocycles. The zero-order chi connectivity index (χ0) is 52.9. The minimum Gasteiger partial charge on any atom is -0.462 e. The zero-order valence-corrected chi connectivity index (χ0v) is 47.6. The van der Waals surface area contributed by atoms with Gasteiger partial charge in [0, 0.05) is 19.3 Å². The van der Waals surface area contributed by atoms with Crippen molar-refractivity contribution in [1.29, 1.82) is 0 Å². The van der Waals surface area contributed by atoms with E-state index in [0.29, 0.717) is 19.3 Å². The van der Waals surface area contributed by atoms with Gasteiger partial charge in [-0.25, -0.2) is 0 Å². The average molecular weight is 1010 g/mol. The van der Waals surface area contributed by atoms with Gasteiger partial charge in [-0.15, -0.1) is 0 Å². The topological polar surface area (TPSA) is 78.9 Å². The maximum atomic E-state index is 12.9. The third-order valence-corrected chi connectivity index (χ3v) is 12.8. The molecule has 416 valence electrons. The van der Waals surface area contributed by atoms with Gasteiger partial charge in [0.1, 0.15) is 13.2 Å². The number of esters is 3. The van der Waals surface area contributed by atoms with E-state index in [0.717, 1.165) is 128 Å². The summed E-state index contributed by atoms with van der Waals surface area (Å²) in [5, 5.41) is 0. The van der Waals surface area contributed by atoms with Crippen LogP contribution in [0.3, 0.4) is 0 Å². The van der Waals surface area contributed by atoms with Gasteiger partial charge in [-0.1, -0.05) is 265 Å². The number of rotatable bonds is 54. The van der Waals surface area contributed by atoms with Crippen LogP contribution < -0.4 is 0 Å². The van der Waals surface area contributed by atoms with Crippen LogP contribution in [0.4, 0.5) is 0 Å². The molecule has 1 unspecified atom stereocenters. The highest BCUT2D eigenvalue weighted by Crippen LogP contribution is 2.15. The van der Waals surface area contributed by atoms with E-state index in [9.17, 15) is 14.4 Å². The van der Waals surface area contributed by atoms with Gasteiger partial charge >= 0.3 is 17.9 Å². The molecule has 0 aromatic carbocycles. The van der Waals surface area contributed by atoms with Crippen LogP contribution in [0.15, 0.2) is 109 Å². The zero-order valence-electron chi connectivity index (χ0n) is 47.6. The molecule has 6 heteroatoms. The lowest BCUT2D eigenvalue weighted by Crippen LogP contribution is -2.30. The summed E-state index contributed by atoms with van der Waals surface area (Å²) < 4.78 is 16.9. The summed E-state index contributed by atoms with van der Waals surface area (Å²) in [6.07, 6.45) is 82.3. The van der Waals surface area contributed by atoms with E-state index < -0.39 is 6.10 Å². The van der Waals surface area contributed by atoms with Gasteiger partial charge in [0.2, 0.25) is 0 Å². The molecule has 0 radical (unpaired) electrons. The van der Waals surface area contributed by atoms with Crippen molar-refractivity contribution in [3.8, 4) is 0 Å². The highest BCUT2D eigenvalue weighted by molar-refractivity contribution is 5.71. The molecule has 1 atom stereocenters. The van der Waals surface area contributed by atoms with E-state index >= 15 is 0 Å². The summed E-state index contributed by atoms with van der Waals surface area (Å²) in [6, 6.07) is 0. The second-order valence-electron chi connectivity index (χ2n) is 19.9. The molecule has 6 nitrogen and oxygen atoms in total. The van der Waals surface area contributed by atoms with E-state index in [2.05, 4.69) is 130 Å². The smallest absolute Gasteiger partial charge is 0.306 e. The molecule has 0 aliphatic rings. The molecule has 0 spiro atoms. The first-order valence-electron chi connectivity index (χ1n) is 30.4. The van der Waals surface area contributed by atoms with Gasteiger partial charge in [0.15, 0.2) is 6.10 Å². The number of hydrogen-bond acceptors (Lipinski definition) is 6.